The van der Waals surface area contributed by atoms with Crippen LogP contribution in [0.5, 0.6) is 5.75 Å². The molecule has 1 aromatic carbocycles. The summed E-state index contributed by atoms with van der Waals surface area (Å²) in [6, 6.07) is 9.66. The lowest BCUT2D eigenvalue weighted by Crippen LogP contribution is -2.48. The number of nitrogens with one attached hydrogen (secondary N) is 1. The van der Waals surface area contributed by atoms with Gasteiger partial charge in [-0.3, -0.25) is 4.79 Å². The van der Waals surface area contributed by atoms with Crippen molar-refractivity contribution >= 4 is 23.2 Å². The summed E-state index contributed by atoms with van der Waals surface area (Å²) in [5, 5.41) is 0.556. The zero-order valence-electron chi connectivity index (χ0n) is 12.4. The van der Waals surface area contributed by atoms with Gasteiger partial charge >= 0.3 is 0 Å². The molecule has 5 nitrogen and oxygen atoms in total. The summed E-state index contributed by atoms with van der Waals surface area (Å²) < 4.78 is 5.17. The van der Waals surface area contributed by atoms with Crippen LogP contribution in [0.4, 0.5) is 5.69 Å². The number of rotatable bonds is 3. The average Bonchev–Trinajstić information content (AvgIpc) is 3.01. The van der Waals surface area contributed by atoms with E-state index in [0.717, 1.165) is 24.5 Å². The van der Waals surface area contributed by atoms with Crippen molar-refractivity contribution in [2.24, 2.45) is 0 Å². The Kier molecular flexibility index (Phi) is 4.24. The molecule has 0 saturated carbocycles. The number of aromatic nitrogens is 1. The maximum atomic E-state index is 12.3. The predicted molar refractivity (Wildman–Crippen MR) is 86.9 cm³/mol. The number of methoxy groups -OCH3 is 1. The molecule has 22 heavy (non-hydrogen) atoms. The number of hydrogen-bond donors (Lipinski definition) is 1. The highest BCUT2D eigenvalue weighted by Crippen LogP contribution is 2.21. The van der Waals surface area contributed by atoms with Crippen LogP contribution >= 0.6 is 11.6 Å². The van der Waals surface area contributed by atoms with Crippen LogP contribution in [-0.2, 0) is 0 Å². The van der Waals surface area contributed by atoms with Gasteiger partial charge in [-0.05, 0) is 30.3 Å². The van der Waals surface area contributed by atoms with E-state index in [0.29, 0.717) is 23.8 Å². The number of piperazine rings is 1. The Hall–Kier alpha value is -2.14. The summed E-state index contributed by atoms with van der Waals surface area (Å²) in [5.74, 6) is 0.850. The van der Waals surface area contributed by atoms with Crippen LogP contribution in [-0.4, -0.2) is 49.1 Å². The SMILES string of the molecule is COc1ccc(N2CCN(C(=O)c3cc(Cl)c[nH]3)CC2)cc1. The van der Waals surface area contributed by atoms with E-state index in [1.54, 1.807) is 19.4 Å². The number of ether oxygens (including phenoxy) is 1. The van der Waals surface area contributed by atoms with Gasteiger partial charge in [0, 0.05) is 38.1 Å². The number of carbonyl (C=O) groups is 1. The van der Waals surface area contributed by atoms with Gasteiger partial charge in [-0.2, -0.15) is 0 Å². The van der Waals surface area contributed by atoms with E-state index in [1.165, 1.54) is 0 Å². The summed E-state index contributed by atoms with van der Waals surface area (Å²) in [7, 11) is 1.66. The molecule has 0 unspecified atom stereocenters. The van der Waals surface area contributed by atoms with Crippen molar-refractivity contribution in [2.75, 3.05) is 38.2 Å². The second-order valence-corrected chi connectivity index (χ2v) is 5.65. The molecule has 0 bridgehead atoms. The van der Waals surface area contributed by atoms with Crippen LogP contribution in [0.2, 0.25) is 5.02 Å². The number of benzene rings is 1. The molecule has 0 radical (unpaired) electrons. The molecule has 116 valence electrons. The van der Waals surface area contributed by atoms with Crippen molar-refractivity contribution in [3.05, 3.63) is 47.2 Å². The Morgan fingerprint density at radius 2 is 1.86 bits per heavy atom. The van der Waals surface area contributed by atoms with Crippen molar-refractivity contribution in [1.29, 1.82) is 0 Å². The molecule has 1 amide bonds. The van der Waals surface area contributed by atoms with Crippen LogP contribution in [0.25, 0.3) is 0 Å². The topological polar surface area (TPSA) is 48.6 Å². The first-order valence-electron chi connectivity index (χ1n) is 7.19. The molecule has 2 heterocycles. The zero-order valence-corrected chi connectivity index (χ0v) is 13.1. The summed E-state index contributed by atoms with van der Waals surface area (Å²) in [5.41, 5.74) is 1.69. The number of hydrogen-bond acceptors (Lipinski definition) is 3. The van der Waals surface area contributed by atoms with E-state index in [-0.39, 0.29) is 5.91 Å². The molecule has 6 heteroatoms. The second kappa shape index (κ2) is 6.32. The number of carbonyl (C=O) groups excluding carboxylic acids is 1. The Balaban J connectivity index is 1.61. The largest absolute Gasteiger partial charge is 0.497 e. The van der Waals surface area contributed by atoms with E-state index >= 15 is 0 Å². The highest BCUT2D eigenvalue weighted by Gasteiger charge is 2.23. The fraction of sp³-hybridized carbons (Fsp3) is 0.312. The monoisotopic (exact) mass is 319 g/mol. The van der Waals surface area contributed by atoms with Crippen LogP contribution in [0, 0.1) is 0 Å². The fourth-order valence-electron chi connectivity index (χ4n) is 2.62. The van der Waals surface area contributed by atoms with Crippen LogP contribution in [0.15, 0.2) is 36.5 Å². The summed E-state index contributed by atoms with van der Waals surface area (Å²) in [4.78, 5) is 19.4. The van der Waals surface area contributed by atoms with Gasteiger partial charge < -0.3 is 19.5 Å². The second-order valence-electron chi connectivity index (χ2n) is 5.21. The standard InChI is InChI=1S/C16H18ClN3O2/c1-22-14-4-2-13(3-5-14)19-6-8-20(9-7-19)16(21)15-10-12(17)11-18-15/h2-5,10-11,18H,6-9H2,1H3. The van der Waals surface area contributed by atoms with Gasteiger partial charge in [0.25, 0.3) is 5.91 Å². The van der Waals surface area contributed by atoms with Gasteiger partial charge in [-0.25, -0.2) is 0 Å². The zero-order chi connectivity index (χ0) is 15.5. The third-order valence-electron chi connectivity index (χ3n) is 3.88. The van der Waals surface area contributed by atoms with Crippen molar-refractivity contribution in [1.82, 2.24) is 9.88 Å². The average molecular weight is 320 g/mol. The summed E-state index contributed by atoms with van der Waals surface area (Å²) >= 11 is 5.85. The van der Waals surface area contributed by atoms with Gasteiger partial charge in [0.2, 0.25) is 0 Å². The number of H-pyrrole nitrogens is 1. The third-order valence-corrected chi connectivity index (χ3v) is 4.10. The fourth-order valence-corrected chi connectivity index (χ4v) is 2.79. The number of amides is 1. The van der Waals surface area contributed by atoms with Crippen molar-refractivity contribution < 1.29 is 9.53 Å². The van der Waals surface area contributed by atoms with E-state index in [1.807, 2.05) is 29.2 Å². The lowest BCUT2D eigenvalue weighted by Gasteiger charge is -2.36. The van der Waals surface area contributed by atoms with Gasteiger partial charge in [0.05, 0.1) is 12.1 Å². The van der Waals surface area contributed by atoms with Crippen molar-refractivity contribution in [3.63, 3.8) is 0 Å². The third kappa shape index (κ3) is 3.04. The minimum Gasteiger partial charge on any atom is -0.497 e. The smallest absolute Gasteiger partial charge is 0.270 e. The van der Waals surface area contributed by atoms with Crippen LogP contribution in [0.3, 0.4) is 0 Å². The minimum absolute atomic E-state index is 0.00119. The minimum atomic E-state index is 0.00119. The van der Waals surface area contributed by atoms with Crippen LogP contribution < -0.4 is 9.64 Å². The van der Waals surface area contributed by atoms with Gasteiger partial charge in [-0.1, -0.05) is 11.6 Å². The summed E-state index contributed by atoms with van der Waals surface area (Å²) in [6.45, 7) is 3.02. The molecule has 1 aliphatic rings. The van der Waals surface area contributed by atoms with E-state index in [9.17, 15) is 4.79 Å². The first kappa shape index (κ1) is 14.8. The number of nitrogens with zero attached hydrogens (tertiary/aromatic N) is 2. The van der Waals surface area contributed by atoms with Crippen LogP contribution in [0.1, 0.15) is 10.5 Å². The first-order valence-corrected chi connectivity index (χ1v) is 7.57. The lowest BCUT2D eigenvalue weighted by atomic mass is 10.2. The van der Waals surface area contributed by atoms with Gasteiger partial charge in [0.1, 0.15) is 11.4 Å². The van der Waals surface area contributed by atoms with E-state index in [2.05, 4.69) is 9.88 Å². The molecule has 1 fully saturated rings. The van der Waals surface area contributed by atoms with Crippen molar-refractivity contribution in [2.45, 2.75) is 0 Å². The molecule has 0 atom stereocenters. The number of halogens is 1. The molecule has 3 rings (SSSR count). The molecular weight excluding hydrogens is 302 g/mol. The highest BCUT2D eigenvalue weighted by atomic mass is 35.5. The predicted octanol–water partition coefficient (Wildman–Crippen LogP) is 2.64. The van der Waals surface area contributed by atoms with E-state index in [4.69, 9.17) is 16.3 Å². The normalized spacial score (nSPS) is 15.0. The maximum absolute atomic E-state index is 12.3. The molecule has 1 aromatic heterocycles. The van der Waals surface area contributed by atoms with E-state index < -0.39 is 0 Å². The highest BCUT2D eigenvalue weighted by molar-refractivity contribution is 6.30. The molecule has 1 aliphatic heterocycles. The van der Waals surface area contributed by atoms with Gasteiger partial charge in [0.15, 0.2) is 0 Å². The van der Waals surface area contributed by atoms with Crippen molar-refractivity contribution in [3.8, 4) is 5.75 Å². The molecule has 1 N–H and O–H groups in total. The Morgan fingerprint density at radius 3 is 2.41 bits per heavy atom. The lowest BCUT2D eigenvalue weighted by molar-refractivity contribution is 0.0741. The maximum Gasteiger partial charge on any atom is 0.270 e. The Bertz CT molecular complexity index is 646. The molecule has 0 spiro atoms. The molecule has 1 saturated heterocycles. The summed E-state index contributed by atoms with van der Waals surface area (Å²) in [6.07, 6.45) is 1.63. The number of aromatic amines is 1. The Labute approximate surface area is 134 Å². The Morgan fingerprint density at radius 1 is 1.18 bits per heavy atom. The first-order chi connectivity index (χ1) is 10.7. The quantitative estimate of drug-likeness (QED) is 0.946. The van der Waals surface area contributed by atoms with Gasteiger partial charge in [-0.15, -0.1) is 0 Å². The number of anilines is 1. The molecular formula is C16H18ClN3O2. The molecule has 2 aromatic rings. The molecule has 0 aliphatic carbocycles.